The average molecular weight is 250 g/mol. The minimum absolute atomic E-state index is 0.0336. The predicted molar refractivity (Wildman–Crippen MR) is 68.3 cm³/mol. The standard InChI is InChI=1S/C13H18N2O3/c1-15-7-9(8-15)18-13-10(11(16)6-14)4-3-5-12(13)17-2/h3-5,9H,6-8,14H2,1-2H3. The molecule has 98 valence electrons. The van der Waals surface area contributed by atoms with Gasteiger partial charge in [0.1, 0.15) is 6.10 Å². The van der Waals surface area contributed by atoms with E-state index in [1.807, 2.05) is 7.05 Å². The summed E-state index contributed by atoms with van der Waals surface area (Å²) in [7, 11) is 3.58. The van der Waals surface area contributed by atoms with Crippen LogP contribution in [0.1, 0.15) is 10.4 Å². The number of carbonyl (C=O) groups excluding carboxylic acids is 1. The third-order valence-corrected chi connectivity index (χ3v) is 3.00. The van der Waals surface area contributed by atoms with Crippen LogP contribution in [0.25, 0.3) is 0 Å². The number of nitrogens with zero attached hydrogens (tertiary/aromatic N) is 1. The number of methoxy groups -OCH3 is 1. The lowest BCUT2D eigenvalue weighted by Crippen LogP contribution is -2.51. The van der Waals surface area contributed by atoms with Crippen molar-refractivity contribution in [2.45, 2.75) is 6.10 Å². The molecule has 2 N–H and O–H groups in total. The van der Waals surface area contributed by atoms with Gasteiger partial charge in [0.2, 0.25) is 0 Å². The highest BCUT2D eigenvalue weighted by Gasteiger charge is 2.27. The predicted octanol–water partition coefficient (Wildman–Crippen LogP) is 0.529. The molecule has 1 fully saturated rings. The molecule has 2 rings (SSSR count). The Hall–Kier alpha value is -1.59. The molecule has 5 nitrogen and oxygen atoms in total. The maximum Gasteiger partial charge on any atom is 0.180 e. The van der Waals surface area contributed by atoms with Gasteiger partial charge in [-0.2, -0.15) is 0 Å². The number of hydrogen-bond donors (Lipinski definition) is 1. The number of benzene rings is 1. The summed E-state index contributed by atoms with van der Waals surface area (Å²) >= 11 is 0. The van der Waals surface area contributed by atoms with Crippen molar-refractivity contribution in [1.82, 2.24) is 4.90 Å². The summed E-state index contributed by atoms with van der Waals surface area (Å²) in [4.78, 5) is 13.9. The first kappa shape index (κ1) is 12.9. The first-order valence-corrected chi connectivity index (χ1v) is 5.91. The second-order valence-corrected chi connectivity index (χ2v) is 4.43. The van der Waals surface area contributed by atoms with Crippen molar-refractivity contribution in [2.24, 2.45) is 5.73 Å². The molecule has 1 aromatic carbocycles. The van der Waals surface area contributed by atoms with E-state index in [-0.39, 0.29) is 18.4 Å². The molecule has 0 saturated carbocycles. The van der Waals surface area contributed by atoms with Crippen LogP contribution in [0.5, 0.6) is 11.5 Å². The molecule has 18 heavy (non-hydrogen) atoms. The maximum atomic E-state index is 11.8. The number of likely N-dealkylation sites (tertiary alicyclic amines) is 1. The molecule has 1 aromatic rings. The molecule has 1 aliphatic rings. The highest BCUT2D eigenvalue weighted by atomic mass is 16.5. The molecular weight excluding hydrogens is 232 g/mol. The Labute approximate surface area is 106 Å². The van der Waals surface area contributed by atoms with Crippen LogP contribution >= 0.6 is 0 Å². The quantitative estimate of drug-likeness (QED) is 0.772. The summed E-state index contributed by atoms with van der Waals surface area (Å²) < 4.78 is 11.1. The molecule has 1 aliphatic heterocycles. The third-order valence-electron chi connectivity index (χ3n) is 3.00. The highest BCUT2D eigenvalue weighted by molar-refractivity contribution is 6.00. The average Bonchev–Trinajstić information content (AvgIpc) is 2.36. The second kappa shape index (κ2) is 5.37. The number of rotatable bonds is 5. The second-order valence-electron chi connectivity index (χ2n) is 4.43. The molecule has 0 amide bonds. The van der Waals surface area contributed by atoms with Crippen LogP contribution in [0.4, 0.5) is 0 Å². The van der Waals surface area contributed by atoms with Crippen LogP contribution in [0, 0.1) is 0 Å². The van der Waals surface area contributed by atoms with E-state index in [2.05, 4.69) is 4.90 Å². The maximum absolute atomic E-state index is 11.8. The molecule has 0 spiro atoms. The molecule has 0 aromatic heterocycles. The summed E-state index contributed by atoms with van der Waals surface area (Å²) in [6.45, 7) is 1.68. The van der Waals surface area contributed by atoms with E-state index < -0.39 is 0 Å². The van der Waals surface area contributed by atoms with Crippen molar-refractivity contribution in [2.75, 3.05) is 33.8 Å². The van der Waals surface area contributed by atoms with Crippen LogP contribution in [-0.4, -0.2) is 50.6 Å². The van der Waals surface area contributed by atoms with Crippen molar-refractivity contribution >= 4 is 5.78 Å². The fourth-order valence-corrected chi connectivity index (χ4v) is 2.01. The largest absolute Gasteiger partial charge is 0.493 e. The zero-order valence-electron chi connectivity index (χ0n) is 10.7. The van der Waals surface area contributed by atoms with Gasteiger partial charge in [0.15, 0.2) is 17.3 Å². The van der Waals surface area contributed by atoms with Gasteiger partial charge < -0.3 is 15.2 Å². The Morgan fingerprint density at radius 1 is 1.50 bits per heavy atom. The number of carbonyl (C=O) groups is 1. The van der Waals surface area contributed by atoms with Gasteiger partial charge in [0.05, 0.1) is 19.2 Å². The number of nitrogens with two attached hydrogens (primary N) is 1. The first-order valence-electron chi connectivity index (χ1n) is 5.91. The van der Waals surface area contributed by atoms with Crippen molar-refractivity contribution in [3.63, 3.8) is 0 Å². The van der Waals surface area contributed by atoms with Gasteiger partial charge in [0.25, 0.3) is 0 Å². The number of Topliss-reactive ketones (excluding diaryl/α,β-unsaturated/α-hetero) is 1. The van der Waals surface area contributed by atoms with Gasteiger partial charge in [-0.3, -0.25) is 9.69 Å². The van der Waals surface area contributed by atoms with Crippen LogP contribution < -0.4 is 15.2 Å². The van der Waals surface area contributed by atoms with E-state index in [0.717, 1.165) is 13.1 Å². The van der Waals surface area contributed by atoms with Gasteiger partial charge in [-0.05, 0) is 19.2 Å². The van der Waals surface area contributed by atoms with E-state index in [1.165, 1.54) is 0 Å². The topological polar surface area (TPSA) is 64.8 Å². The van der Waals surface area contributed by atoms with Crippen LogP contribution in [0.15, 0.2) is 18.2 Å². The lowest BCUT2D eigenvalue weighted by atomic mass is 10.1. The lowest BCUT2D eigenvalue weighted by Gasteiger charge is -2.36. The number of ketones is 1. The minimum atomic E-state index is -0.142. The van der Waals surface area contributed by atoms with Gasteiger partial charge >= 0.3 is 0 Å². The van der Waals surface area contributed by atoms with E-state index >= 15 is 0 Å². The number of likely N-dealkylation sites (N-methyl/N-ethyl adjacent to an activating group) is 1. The highest BCUT2D eigenvalue weighted by Crippen LogP contribution is 2.33. The molecule has 1 heterocycles. The summed E-state index contributed by atoms with van der Waals surface area (Å²) in [6.07, 6.45) is 0.107. The molecule has 0 aliphatic carbocycles. The SMILES string of the molecule is COc1cccc(C(=O)CN)c1OC1CN(C)C1. The molecular formula is C13H18N2O3. The fourth-order valence-electron chi connectivity index (χ4n) is 2.01. The molecule has 0 atom stereocenters. The number of ether oxygens (including phenoxy) is 2. The Bertz CT molecular complexity index is 442. The van der Waals surface area contributed by atoms with Gasteiger partial charge in [0, 0.05) is 13.1 Å². The fraction of sp³-hybridized carbons (Fsp3) is 0.462. The number of para-hydroxylation sites is 1. The van der Waals surface area contributed by atoms with Gasteiger partial charge in [-0.15, -0.1) is 0 Å². The number of hydrogen-bond acceptors (Lipinski definition) is 5. The first-order chi connectivity index (χ1) is 8.65. The van der Waals surface area contributed by atoms with E-state index in [0.29, 0.717) is 17.1 Å². The molecule has 5 heteroatoms. The molecule has 1 saturated heterocycles. The zero-order chi connectivity index (χ0) is 13.1. The Kier molecular flexibility index (Phi) is 3.84. The summed E-state index contributed by atoms with van der Waals surface area (Å²) in [5, 5.41) is 0. The summed E-state index contributed by atoms with van der Waals surface area (Å²) in [5.74, 6) is 0.939. The lowest BCUT2D eigenvalue weighted by molar-refractivity contribution is 0.0362. The van der Waals surface area contributed by atoms with Gasteiger partial charge in [-0.25, -0.2) is 0 Å². The normalized spacial score (nSPS) is 16.2. The summed E-state index contributed by atoms with van der Waals surface area (Å²) in [5.41, 5.74) is 5.90. The van der Waals surface area contributed by atoms with Gasteiger partial charge in [-0.1, -0.05) is 6.07 Å². The van der Waals surface area contributed by atoms with Crippen LogP contribution in [0.2, 0.25) is 0 Å². The monoisotopic (exact) mass is 250 g/mol. The van der Waals surface area contributed by atoms with Crippen LogP contribution in [0.3, 0.4) is 0 Å². The van der Waals surface area contributed by atoms with Crippen molar-refractivity contribution in [1.29, 1.82) is 0 Å². The smallest absolute Gasteiger partial charge is 0.180 e. The van der Waals surface area contributed by atoms with Crippen molar-refractivity contribution in [3.05, 3.63) is 23.8 Å². The summed E-state index contributed by atoms with van der Waals surface area (Å²) in [6, 6.07) is 5.27. The Balaban J connectivity index is 2.26. The van der Waals surface area contributed by atoms with E-state index in [4.69, 9.17) is 15.2 Å². The van der Waals surface area contributed by atoms with Crippen LogP contribution in [-0.2, 0) is 0 Å². The van der Waals surface area contributed by atoms with Crippen molar-refractivity contribution in [3.8, 4) is 11.5 Å². The molecule has 0 unspecified atom stereocenters. The molecule has 0 radical (unpaired) electrons. The Morgan fingerprint density at radius 2 is 2.22 bits per heavy atom. The van der Waals surface area contributed by atoms with Crippen molar-refractivity contribution < 1.29 is 14.3 Å². The minimum Gasteiger partial charge on any atom is -0.493 e. The Morgan fingerprint density at radius 3 is 2.78 bits per heavy atom. The molecule has 0 bridgehead atoms. The zero-order valence-corrected chi connectivity index (χ0v) is 10.7. The third kappa shape index (κ3) is 2.47. The van der Waals surface area contributed by atoms with E-state index in [1.54, 1.807) is 25.3 Å². The van der Waals surface area contributed by atoms with E-state index in [9.17, 15) is 4.79 Å².